The first-order valence-corrected chi connectivity index (χ1v) is 4.54. The van der Waals surface area contributed by atoms with Gasteiger partial charge in [-0.2, -0.15) is 0 Å². The maximum atomic E-state index is 2.26. The van der Waals surface area contributed by atoms with Gasteiger partial charge in [0.1, 0.15) is 0 Å². The highest BCUT2D eigenvalue weighted by Gasteiger charge is 2.20. The Labute approximate surface area is 75.1 Å². The largest absolute Gasteiger partial charge is 0.200 e. The van der Waals surface area contributed by atoms with Crippen molar-refractivity contribution in [2.24, 2.45) is 0 Å². The van der Waals surface area contributed by atoms with Crippen molar-refractivity contribution in [2.75, 3.05) is 0 Å². The van der Waals surface area contributed by atoms with Crippen molar-refractivity contribution < 1.29 is 4.57 Å². The number of pyridine rings is 1. The Hall–Kier alpha value is -0.850. The Morgan fingerprint density at radius 1 is 1.33 bits per heavy atom. The molecular formula is C11H18N+. The predicted octanol–water partition coefficient (Wildman–Crippen LogP) is 2.29. The molecule has 0 radical (unpaired) electrons. The molecule has 0 saturated carbocycles. The minimum absolute atomic E-state index is 0.200. The molecule has 0 aliphatic carbocycles. The third kappa shape index (κ3) is 2.07. The lowest BCUT2D eigenvalue weighted by atomic mass is 10.1. The summed E-state index contributed by atoms with van der Waals surface area (Å²) in [5, 5.41) is 0. The third-order valence-electron chi connectivity index (χ3n) is 2.04. The Morgan fingerprint density at radius 3 is 2.50 bits per heavy atom. The van der Waals surface area contributed by atoms with E-state index in [4.69, 9.17) is 0 Å². The van der Waals surface area contributed by atoms with Crippen molar-refractivity contribution in [3.63, 3.8) is 0 Å². The molecule has 0 amide bonds. The Bertz CT molecular complexity index is 258. The van der Waals surface area contributed by atoms with E-state index in [0.29, 0.717) is 0 Å². The molecule has 1 nitrogen and oxygen atoms in total. The zero-order chi connectivity index (χ0) is 9.19. The summed E-state index contributed by atoms with van der Waals surface area (Å²) in [6.07, 6.45) is 5.45. The molecule has 1 heteroatoms. The molecule has 0 spiro atoms. The quantitative estimate of drug-likeness (QED) is 0.561. The summed E-state index contributed by atoms with van der Waals surface area (Å²) >= 11 is 0. The van der Waals surface area contributed by atoms with Gasteiger partial charge in [-0.3, -0.25) is 0 Å². The first-order chi connectivity index (χ1) is 5.54. The summed E-state index contributed by atoms with van der Waals surface area (Å²) < 4.78 is 2.26. The number of hydrogen-bond acceptors (Lipinski definition) is 0. The molecule has 0 fully saturated rings. The molecule has 12 heavy (non-hydrogen) atoms. The van der Waals surface area contributed by atoms with Gasteiger partial charge in [0.15, 0.2) is 17.9 Å². The van der Waals surface area contributed by atoms with Crippen LogP contribution in [-0.2, 0) is 12.0 Å². The van der Waals surface area contributed by atoms with Crippen LogP contribution in [0.1, 0.15) is 33.3 Å². The zero-order valence-electron chi connectivity index (χ0n) is 8.46. The van der Waals surface area contributed by atoms with Crippen LogP contribution in [0.5, 0.6) is 0 Å². The Kier molecular flexibility index (Phi) is 2.51. The molecule has 0 atom stereocenters. The van der Waals surface area contributed by atoms with E-state index in [1.807, 2.05) is 0 Å². The third-order valence-corrected chi connectivity index (χ3v) is 2.04. The van der Waals surface area contributed by atoms with Crippen molar-refractivity contribution in [1.29, 1.82) is 0 Å². The lowest BCUT2D eigenvalue weighted by Crippen LogP contribution is -2.49. The molecule has 0 aromatic carbocycles. The number of aryl methyl sites for hydroxylation is 1. The van der Waals surface area contributed by atoms with Crippen molar-refractivity contribution in [3.05, 3.63) is 30.1 Å². The van der Waals surface area contributed by atoms with Gasteiger partial charge < -0.3 is 0 Å². The van der Waals surface area contributed by atoms with E-state index in [9.17, 15) is 0 Å². The van der Waals surface area contributed by atoms with Crippen molar-refractivity contribution >= 4 is 0 Å². The van der Waals surface area contributed by atoms with E-state index in [2.05, 4.69) is 56.8 Å². The van der Waals surface area contributed by atoms with Crippen LogP contribution in [-0.4, -0.2) is 0 Å². The monoisotopic (exact) mass is 164 g/mol. The van der Waals surface area contributed by atoms with Crippen LogP contribution in [0.25, 0.3) is 0 Å². The van der Waals surface area contributed by atoms with Crippen LogP contribution in [0.2, 0.25) is 0 Å². The average Bonchev–Trinajstić information content (AvgIpc) is 2.03. The van der Waals surface area contributed by atoms with E-state index in [1.165, 1.54) is 5.56 Å². The number of hydrogen-bond donors (Lipinski definition) is 0. The molecule has 0 aliphatic heterocycles. The maximum Gasteiger partial charge on any atom is 0.172 e. The van der Waals surface area contributed by atoms with Crippen LogP contribution in [0.15, 0.2) is 24.5 Å². The van der Waals surface area contributed by atoms with Crippen molar-refractivity contribution in [2.45, 2.75) is 39.7 Å². The van der Waals surface area contributed by atoms with E-state index < -0.39 is 0 Å². The van der Waals surface area contributed by atoms with Gasteiger partial charge in [-0.05, 0) is 12.5 Å². The second-order valence-corrected chi connectivity index (χ2v) is 4.14. The fraction of sp³-hybridized carbons (Fsp3) is 0.545. The zero-order valence-corrected chi connectivity index (χ0v) is 8.46. The van der Waals surface area contributed by atoms with Crippen LogP contribution in [0, 0.1) is 0 Å². The van der Waals surface area contributed by atoms with E-state index in [1.54, 1.807) is 0 Å². The molecule has 0 bridgehead atoms. The summed E-state index contributed by atoms with van der Waals surface area (Å²) in [5.74, 6) is 0. The number of aromatic nitrogens is 1. The highest BCUT2D eigenvalue weighted by atomic mass is 15.0. The SMILES string of the molecule is CCc1ccc[n+](C(C)(C)C)c1. The molecular weight excluding hydrogens is 146 g/mol. The molecule has 0 saturated heterocycles. The smallest absolute Gasteiger partial charge is 0.172 e. The van der Waals surface area contributed by atoms with Gasteiger partial charge >= 0.3 is 0 Å². The Balaban J connectivity index is 3.02. The second-order valence-electron chi connectivity index (χ2n) is 4.14. The summed E-state index contributed by atoms with van der Waals surface area (Å²) in [7, 11) is 0. The maximum absolute atomic E-state index is 2.26. The van der Waals surface area contributed by atoms with Crippen molar-refractivity contribution in [1.82, 2.24) is 0 Å². The molecule has 0 unspecified atom stereocenters. The fourth-order valence-corrected chi connectivity index (χ4v) is 1.15. The molecule has 1 heterocycles. The number of rotatable bonds is 1. The van der Waals surface area contributed by atoms with E-state index in [-0.39, 0.29) is 5.54 Å². The Morgan fingerprint density at radius 2 is 2.00 bits per heavy atom. The van der Waals surface area contributed by atoms with Crippen LogP contribution in [0.3, 0.4) is 0 Å². The highest BCUT2D eigenvalue weighted by molar-refractivity contribution is 5.04. The fourth-order valence-electron chi connectivity index (χ4n) is 1.15. The van der Waals surface area contributed by atoms with Crippen molar-refractivity contribution in [3.8, 4) is 0 Å². The normalized spacial score (nSPS) is 11.7. The first kappa shape index (κ1) is 9.24. The predicted molar refractivity (Wildman–Crippen MR) is 51.0 cm³/mol. The lowest BCUT2D eigenvalue weighted by molar-refractivity contribution is -0.754. The summed E-state index contributed by atoms with van der Waals surface area (Å²) in [6, 6.07) is 4.28. The van der Waals surface area contributed by atoms with Gasteiger partial charge in [-0.25, -0.2) is 4.57 Å². The van der Waals surface area contributed by atoms with Gasteiger partial charge in [0.25, 0.3) is 0 Å². The van der Waals surface area contributed by atoms with Gasteiger partial charge in [0, 0.05) is 32.4 Å². The van der Waals surface area contributed by atoms with Gasteiger partial charge in [-0.1, -0.05) is 6.92 Å². The average molecular weight is 164 g/mol. The van der Waals surface area contributed by atoms with Crippen LogP contribution < -0.4 is 4.57 Å². The van der Waals surface area contributed by atoms with Crippen LogP contribution >= 0.6 is 0 Å². The lowest BCUT2D eigenvalue weighted by Gasteiger charge is -2.12. The van der Waals surface area contributed by atoms with Gasteiger partial charge in [0.05, 0.1) is 0 Å². The molecule has 66 valence electrons. The van der Waals surface area contributed by atoms with Gasteiger partial charge in [-0.15, -0.1) is 0 Å². The van der Waals surface area contributed by atoms with E-state index in [0.717, 1.165) is 6.42 Å². The molecule has 0 aliphatic rings. The van der Waals surface area contributed by atoms with Crippen LogP contribution in [0.4, 0.5) is 0 Å². The first-order valence-electron chi connectivity index (χ1n) is 4.54. The second kappa shape index (κ2) is 3.26. The summed E-state index contributed by atoms with van der Waals surface area (Å²) in [5.41, 5.74) is 1.60. The minimum atomic E-state index is 0.200. The number of nitrogens with zero attached hydrogens (tertiary/aromatic N) is 1. The van der Waals surface area contributed by atoms with Gasteiger partial charge in [0.2, 0.25) is 0 Å². The molecule has 1 aromatic rings. The minimum Gasteiger partial charge on any atom is -0.200 e. The molecule has 0 N–H and O–H groups in total. The standard InChI is InChI=1S/C11H18N/c1-5-10-7-6-8-12(9-10)11(2,3)4/h6-9H,5H2,1-4H3/q+1. The molecule has 1 rings (SSSR count). The van der Waals surface area contributed by atoms with E-state index >= 15 is 0 Å². The topological polar surface area (TPSA) is 3.88 Å². The summed E-state index contributed by atoms with van der Waals surface area (Å²) in [6.45, 7) is 8.83. The molecule has 1 aromatic heterocycles. The highest BCUT2D eigenvalue weighted by Crippen LogP contribution is 2.04. The summed E-state index contributed by atoms with van der Waals surface area (Å²) in [4.78, 5) is 0.